The molecule has 2 rings (SSSR count). The molecule has 1 amide bonds. The minimum atomic E-state index is -0.501. The van der Waals surface area contributed by atoms with E-state index in [-0.39, 0.29) is 17.9 Å². The summed E-state index contributed by atoms with van der Waals surface area (Å²) in [5.74, 6) is -0.578. The van der Waals surface area contributed by atoms with Crippen LogP contribution in [0.4, 0.5) is 8.78 Å². The van der Waals surface area contributed by atoms with Crippen LogP contribution >= 0.6 is 21.6 Å². The molecule has 0 saturated carbocycles. The van der Waals surface area contributed by atoms with Crippen LogP contribution in [0.15, 0.2) is 58.6 Å². The zero-order chi connectivity index (χ0) is 18.1. The molecule has 8 heteroatoms. The smallest absolute Gasteiger partial charge is 0.269 e. The van der Waals surface area contributed by atoms with Gasteiger partial charge in [-0.05, 0) is 42.0 Å². The van der Waals surface area contributed by atoms with Gasteiger partial charge in [-0.15, -0.1) is 0 Å². The minimum Gasteiger partial charge on any atom is -0.410 e. The van der Waals surface area contributed by atoms with Gasteiger partial charge in [0, 0.05) is 23.6 Å². The quantitative estimate of drug-likeness (QED) is 0.239. The number of oxime groups is 1. The van der Waals surface area contributed by atoms with Crippen molar-refractivity contribution in [2.75, 3.05) is 12.3 Å². The van der Waals surface area contributed by atoms with Crippen LogP contribution < -0.4 is 5.32 Å². The van der Waals surface area contributed by atoms with Gasteiger partial charge in [0.15, 0.2) is 0 Å². The van der Waals surface area contributed by atoms with Crippen molar-refractivity contribution in [3.63, 3.8) is 0 Å². The summed E-state index contributed by atoms with van der Waals surface area (Å²) in [6, 6.07) is 11.9. The molecule has 0 aromatic heterocycles. The van der Waals surface area contributed by atoms with E-state index in [2.05, 4.69) is 10.5 Å². The molecule has 0 aliphatic heterocycles. The first-order valence-electron chi connectivity index (χ1n) is 7.37. The Balaban J connectivity index is 1.72. The Bertz CT molecular complexity index is 740. The minimum absolute atomic E-state index is 0.0393. The number of hydrogen-bond acceptors (Lipinski definition) is 5. The number of carbonyl (C=O) groups excluding carboxylic acids is 1. The highest BCUT2D eigenvalue weighted by molar-refractivity contribution is 8.76. The van der Waals surface area contributed by atoms with Gasteiger partial charge in [0.1, 0.15) is 17.3 Å². The van der Waals surface area contributed by atoms with Gasteiger partial charge in [-0.2, -0.15) is 0 Å². The summed E-state index contributed by atoms with van der Waals surface area (Å²) in [5, 5.41) is 14.6. The fourth-order valence-corrected chi connectivity index (χ4v) is 3.80. The van der Waals surface area contributed by atoms with Crippen molar-refractivity contribution in [2.24, 2.45) is 5.16 Å². The molecule has 25 heavy (non-hydrogen) atoms. The van der Waals surface area contributed by atoms with E-state index in [0.717, 1.165) is 4.90 Å². The van der Waals surface area contributed by atoms with E-state index in [1.54, 1.807) is 18.2 Å². The lowest BCUT2D eigenvalue weighted by Gasteiger charge is -2.07. The average Bonchev–Trinajstić information content (AvgIpc) is 2.61. The predicted octanol–water partition coefficient (Wildman–Crippen LogP) is 3.89. The van der Waals surface area contributed by atoms with Crippen molar-refractivity contribution >= 4 is 33.2 Å². The van der Waals surface area contributed by atoms with Gasteiger partial charge in [-0.3, -0.25) is 4.79 Å². The molecule has 2 aromatic carbocycles. The molecule has 4 nitrogen and oxygen atoms in total. The lowest BCUT2D eigenvalue weighted by Crippen LogP contribution is -2.33. The number of amides is 1. The highest BCUT2D eigenvalue weighted by Gasteiger charge is 2.13. The molecule has 132 valence electrons. The van der Waals surface area contributed by atoms with E-state index >= 15 is 0 Å². The molecule has 0 aliphatic carbocycles. The molecular weight excluding hydrogens is 366 g/mol. The standard InChI is InChI=1S/C17H16F2N2O2S2/c18-13-4-6-15(7-5-13)25-24-9-8-20-17(22)16(21-23)11-12-2-1-3-14(19)10-12/h1-7,10,23H,8-9,11H2,(H,20,22)/b21-16+. The maximum absolute atomic E-state index is 13.1. The number of nitrogens with zero attached hydrogens (tertiary/aromatic N) is 1. The van der Waals surface area contributed by atoms with Crippen LogP contribution in [0.25, 0.3) is 0 Å². The molecule has 0 heterocycles. The van der Waals surface area contributed by atoms with Gasteiger partial charge in [-0.1, -0.05) is 38.9 Å². The molecule has 0 unspecified atom stereocenters. The Kier molecular flexibility index (Phi) is 7.75. The third-order valence-electron chi connectivity index (χ3n) is 3.08. The third-order valence-corrected chi connectivity index (χ3v) is 5.47. The van der Waals surface area contributed by atoms with Crippen molar-refractivity contribution in [3.8, 4) is 0 Å². The summed E-state index contributed by atoms with van der Waals surface area (Å²) >= 11 is 0. The van der Waals surface area contributed by atoms with Crippen LogP contribution in [-0.4, -0.2) is 29.1 Å². The van der Waals surface area contributed by atoms with Crippen molar-refractivity contribution in [1.29, 1.82) is 0 Å². The Morgan fingerprint density at radius 3 is 2.56 bits per heavy atom. The summed E-state index contributed by atoms with van der Waals surface area (Å²) in [4.78, 5) is 12.9. The van der Waals surface area contributed by atoms with E-state index in [9.17, 15) is 13.6 Å². The molecule has 0 saturated heterocycles. The number of hydrogen-bond donors (Lipinski definition) is 2. The Morgan fingerprint density at radius 1 is 1.12 bits per heavy atom. The Morgan fingerprint density at radius 2 is 1.88 bits per heavy atom. The first-order chi connectivity index (χ1) is 12.1. The van der Waals surface area contributed by atoms with E-state index in [1.165, 1.54) is 51.9 Å². The van der Waals surface area contributed by atoms with E-state index in [1.807, 2.05) is 0 Å². The van der Waals surface area contributed by atoms with E-state index < -0.39 is 11.7 Å². The summed E-state index contributed by atoms with van der Waals surface area (Å²) < 4.78 is 25.9. The van der Waals surface area contributed by atoms with Crippen LogP contribution in [0.2, 0.25) is 0 Å². The summed E-state index contributed by atoms with van der Waals surface area (Å²) in [6.45, 7) is 0.375. The summed E-state index contributed by atoms with van der Waals surface area (Å²) in [7, 11) is 2.98. The SMILES string of the molecule is O=C(NCCSSc1ccc(F)cc1)/C(Cc1cccc(F)c1)=N/O. The molecule has 2 aromatic rings. The van der Waals surface area contributed by atoms with Crippen LogP contribution in [0.3, 0.4) is 0 Å². The second-order valence-corrected chi connectivity index (χ2v) is 7.46. The number of carbonyl (C=O) groups is 1. The Labute approximate surface area is 152 Å². The van der Waals surface area contributed by atoms with Crippen molar-refractivity contribution in [3.05, 3.63) is 65.7 Å². The van der Waals surface area contributed by atoms with Crippen molar-refractivity contribution in [1.82, 2.24) is 5.32 Å². The van der Waals surface area contributed by atoms with E-state index in [0.29, 0.717) is 17.9 Å². The highest BCUT2D eigenvalue weighted by atomic mass is 33.1. The zero-order valence-corrected chi connectivity index (χ0v) is 14.7. The van der Waals surface area contributed by atoms with Crippen LogP contribution in [-0.2, 0) is 11.2 Å². The van der Waals surface area contributed by atoms with Crippen LogP contribution in [0.5, 0.6) is 0 Å². The second kappa shape index (κ2) is 10.0. The maximum atomic E-state index is 13.1. The predicted molar refractivity (Wildman–Crippen MR) is 97.1 cm³/mol. The van der Waals surface area contributed by atoms with Crippen molar-refractivity contribution < 1.29 is 18.8 Å². The molecule has 0 bridgehead atoms. The van der Waals surface area contributed by atoms with Crippen LogP contribution in [0, 0.1) is 11.6 Å². The monoisotopic (exact) mass is 382 g/mol. The van der Waals surface area contributed by atoms with Gasteiger partial charge in [0.25, 0.3) is 5.91 Å². The topological polar surface area (TPSA) is 61.7 Å². The molecule has 0 spiro atoms. The number of halogens is 2. The molecule has 2 N–H and O–H groups in total. The van der Waals surface area contributed by atoms with Crippen molar-refractivity contribution in [2.45, 2.75) is 11.3 Å². The fourth-order valence-electron chi connectivity index (χ4n) is 1.91. The number of nitrogens with one attached hydrogen (secondary N) is 1. The summed E-state index contributed by atoms with van der Waals surface area (Å²) in [6.07, 6.45) is 0.0393. The Hall–Kier alpha value is -2.06. The second-order valence-electron chi connectivity index (χ2n) is 4.97. The molecule has 0 fully saturated rings. The number of rotatable bonds is 8. The number of benzene rings is 2. The lowest BCUT2D eigenvalue weighted by molar-refractivity contribution is -0.114. The first-order valence-corrected chi connectivity index (χ1v) is 9.69. The summed E-state index contributed by atoms with van der Waals surface area (Å²) in [5.41, 5.74) is 0.464. The largest absolute Gasteiger partial charge is 0.410 e. The fraction of sp³-hybridized carbons (Fsp3) is 0.176. The maximum Gasteiger partial charge on any atom is 0.269 e. The van der Waals surface area contributed by atoms with Gasteiger partial charge in [0.05, 0.1) is 0 Å². The van der Waals surface area contributed by atoms with Gasteiger partial charge in [-0.25, -0.2) is 8.78 Å². The normalized spacial score (nSPS) is 11.4. The van der Waals surface area contributed by atoms with Gasteiger partial charge in [0.2, 0.25) is 0 Å². The molecule has 0 radical (unpaired) electrons. The lowest BCUT2D eigenvalue weighted by atomic mass is 10.1. The van der Waals surface area contributed by atoms with Gasteiger partial charge >= 0.3 is 0 Å². The van der Waals surface area contributed by atoms with Gasteiger partial charge < -0.3 is 10.5 Å². The van der Waals surface area contributed by atoms with Crippen LogP contribution in [0.1, 0.15) is 5.56 Å². The third kappa shape index (κ3) is 6.75. The zero-order valence-electron chi connectivity index (χ0n) is 13.1. The molecule has 0 atom stereocenters. The average molecular weight is 382 g/mol. The highest BCUT2D eigenvalue weighted by Crippen LogP contribution is 2.30. The molecular formula is C17H16F2N2O2S2. The molecule has 0 aliphatic rings. The first kappa shape index (κ1) is 19.3. The van der Waals surface area contributed by atoms with E-state index in [4.69, 9.17) is 5.21 Å².